The lowest BCUT2D eigenvalue weighted by Gasteiger charge is -2.31. The molecule has 1 saturated heterocycles. The summed E-state index contributed by atoms with van der Waals surface area (Å²) >= 11 is 6.29. The zero-order valence-electron chi connectivity index (χ0n) is 24.9. The molecule has 44 heavy (non-hydrogen) atoms. The van der Waals surface area contributed by atoms with Gasteiger partial charge in [-0.3, -0.25) is 13.9 Å². The number of fused-ring (bicyclic) bond motifs is 1. The summed E-state index contributed by atoms with van der Waals surface area (Å²) < 4.78 is 53.9. The maximum atomic E-state index is 15.9. The van der Waals surface area contributed by atoms with E-state index in [4.69, 9.17) is 30.1 Å². The minimum Gasteiger partial charge on any atom is -0.462 e. The van der Waals surface area contributed by atoms with Gasteiger partial charge in [-0.15, -0.1) is 11.6 Å². The van der Waals surface area contributed by atoms with Crippen LogP contribution in [-0.4, -0.2) is 79.1 Å². The molecule has 2 fully saturated rings. The van der Waals surface area contributed by atoms with Gasteiger partial charge in [0.2, 0.25) is 0 Å². The molecule has 2 aliphatic rings. The maximum absolute atomic E-state index is 15.9. The number of carbonyl (C=O) groups excluding carboxylic acids is 1. The molecule has 1 aromatic carbocycles. The zero-order valence-corrected chi connectivity index (χ0v) is 26.5. The number of rotatable bonds is 13. The van der Waals surface area contributed by atoms with E-state index in [0.717, 1.165) is 19.3 Å². The Labute approximate surface area is 259 Å². The first-order chi connectivity index (χ1) is 20.9. The molecule has 3 aromatic rings. The van der Waals surface area contributed by atoms with Gasteiger partial charge < -0.3 is 24.4 Å². The number of alkyl halides is 2. The summed E-state index contributed by atoms with van der Waals surface area (Å²) in [6, 6.07) is 7.30. The van der Waals surface area contributed by atoms with Crippen molar-refractivity contribution >= 4 is 42.3 Å². The lowest BCUT2D eigenvalue weighted by molar-refractivity contribution is -0.149. The molecule has 0 bridgehead atoms. The van der Waals surface area contributed by atoms with Gasteiger partial charge in [-0.1, -0.05) is 18.2 Å². The number of nitrogens with one attached hydrogen (secondary N) is 2. The van der Waals surface area contributed by atoms with E-state index in [1.54, 1.807) is 51.1 Å². The molecule has 2 aromatic heterocycles. The number of hydrogen-bond acceptors (Lipinski definition) is 11. The van der Waals surface area contributed by atoms with Crippen LogP contribution in [0.15, 0.2) is 36.7 Å². The zero-order chi connectivity index (χ0) is 31.6. The highest BCUT2D eigenvalue weighted by molar-refractivity contribution is 7.52. The summed E-state index contributed by atoms with van der Waals surface area (Å²) in [7, 11) is -4.36. The number of aliphatic hydroxyl groups excluding tert-OH is 1. The number of imidazole rings is 1. The fourth-order valence-electron chi connectivity index (χ4n) is 4.89. The van der Waals surface area contributed by atoms with Crippen LogP contribution in [0.3, 0.4) is 0 Å². The second kappa shape index (κ2) is 13.2. The van der Waals surface area contributed by atoms with Crippen LogP contribution in [0.4, 0.5) is 10.2 Å². The maximum Gasteiger partial charge on any atom is 0.459 e. The van der Waals surface area contributed by atoms with E-state index in [1.165, 1.54) is 17.8 Å². The first-order valence-electron chi connectivity index (χ1n) is 14.4. The Bertz CT molecular complexity index is 1510. The van der Waals surface area contributed by atoms with Gasteiger partial charge in [0.15, 0.2) is 29.4 Å². The number of anilines is 1. The normalized spacial score (nSPS) is 25.9. The molecule has 6 atom stereocenters. The van der Waals surface area contributed by atoms with Crippen molar-refractivity contribution in [2.75, 3.05) is 17.8 Å². The molecule has 13 nitrogen and oxygen atoms in total. The van der Waals surface area contributed by atoms with Gasteiger partial charge in [0.1, 0.15) is 29.3 Å². The Balaban J connectivity index is 1.39. The van der Waals surface area contributed by atoms with Gasteiger partial charge in [0.05, 0.1) is 24.9 Å². The van der Waals surface area contributed by atoms with Crippen molar-refractivity contribution in [1.29, 1.82) is 0 Å². The number of aromatic nitrogens is 4. The number of esters is 1. The predicted octanol–water partition coefficient (Wildman–Crippen LogP) is 4.44. The fourth-order valence-corrected chi connectivity index (χ4v) is 6.73. The summed E-state index contributed by atoms with van der Waals surface area (Å²) in [4.78, 5) is 25.8. The van der Waals surface area contributed by atoms with E-state index in [1.807, 2.05) is 0 Å². The van der Waals surface area contributed by atoms with Crippen LogP contribution < -0.4 is 14.9 Å². The number of ether oxygens (including phenoxy) is 2. The number of carbonyl (C=O) groups is 1. The standard InChI is InChI=1S/C28H37ClFN6O7P/c1-16(2)41-27(38)17(3)35-44(39,43-20-11-6-5-7-12-20)40-14-28(13-29)23(37)21(30)26(42-28)36-15-31-22-24(34-19-9-8-10-19)32-18(4)33-25(22)36/h5-7,11-12,15-17,19,21,23,26,37H,8-10,13-14H2,1-4H3,(H,35,39)(H,32,33,34)/t17-,21+,23-,26+,28+,44?/m0/s1. The van der Waals surface area contributed by atoms with Crippen LogP contribution in [0.1, 0.15) is 52.1 Å². The molecular weight excluding hydrogens is 618 g/mol. The van der Waals surface area contributed by atoms with E-state index in [0.29, 0.717) is 22.8 Å². The lowest BCUT2D eigenvalue weighted by Crippen LogP contribution is -2.48. The average Bonchev–Trinajstić information content (AvgIpc) is 3.48. The smallest absolute Gasteiger partial charge is 0.459 e. The monoisotopic (exact) mass is 654 g/mol. The van der Waals surface area contributed by atoms with Gasteiger partial charge in [-0.05, 0) is 59.1 Å². The third-order valence-corrected chi connectivity index (χ3v) is 9.53. The Morgan fingerprint density at radius 2 is 2.00 bits per heavy atom. The Kier molecular flexibility index (Phi) is 9.78. The number of para-hydroxylation sites is 1. The molecule has 1 aliphatic carbocycles. The van der Waals surface area contributed by atoms with E-state index in [2.05, 4.69) is 25.4 Å². The molecule has 16 heteroatoms. The summed E-state index contributed by atoms with van der Waals surface area (Å²) in [5, 5.41) is 17.0. The van der Waals surface area contributed by atoms with Gasteiger partial charge in [0.25, 0.3) is 0 Å². The van der Waals surface area contributed by atoms with Crippen LogP contribution in [0.25, 0.3) is 11.2 Å². The highest BCUT2D eigenvalue weighted by atomic mass is 35.5. The van der Waals surface area contributed by atoms with Crippen molar-refractivity contribution in [1.82, 2.24) is 24.6 Å². The Hall–Kier alpha value is -2.87. The first kappa shape index (κ1) is 32.5. The largest absolute Gasteiger partial charge is 0.462 e. The number of benzene rings is 1. The highest BCUT2D eigenvalue weighted by Gasteiger charge is 2.57. The molecule has 5 rings (SSSR count). The molecular formula is C28H37ClFN6O7P. The molecule has 1 aliphatic heterocycles. The second-order valence-corrected chi connectivity index (χ2v) is 13.3. The van der Waals surface area contributed by atoms with Crippen molar-refractivity contribution in [3.05, 3.63) is 42.5 Å². The Morgan fingerprint density at radius 1 is 1.27 bits per heavy atom. The van der Waals surface area contributed by atoms with Gasteiger partial charge >= 0.3 is 13.7 Å². The van der Waals surface area contributed by atoms with Crippen molar-refractivity contribution in [2.45, 2.75) is 89.2 Å². The minimum absolute atomic E-state index is 0.174. The summed E-state index contributed by atoms with van der Waals surface area (Å²) in [5.41, 5.74) is -1.13. The molecule has 0 amide bonds. The number of aryl methyl sites for hydroxylation is 1. The van der Waals surface area contributed by atoms with Crippen molar-refractivity contribution < 1.29 is 37.4 Å². The Morgan fingerprint density at radius 3 is 2.64 bits per heavy atom. The molecule has 0 spiro atoms. The topological polar surface area (TPSA) is 159 Å². The van der Waals surface area contributed by atoms with Crippen LogP contribution >= 0.6 is 19.3 Å². The average molecular weight is 655 g/mol. The third kappa shape index (κ3) is 6.85. The van der Waals surface area contributed by atoms with Crippen LogP contribution in [0.2, 0.25) is 0 Å². The van der Waals surface area contributed by atoms with E-state index in [9.17, 15) is 14.5 Å². The number of aliphatic hydroxyl groups is 1. The van der Waals surface area contributed by atoms with Crippen molar-refractivity contribution in [2.24, 2.45) is 0 Å². The molecule has 3 N–H and O–H groups in total. The number of halogens is 2. The highest BCUT2D eigenvalue weighted by Crippen LogP contribution is 2.49. The lowest BCUT2D eigenvalue weighted by atomic mass is 9.93. The summed E-state index contributed by atoms with van der Waals surface area (Å²) in [6.07, 6.45) is -1.09. The van der Waals surface area contributed by atoms with E-state index < -0.39 is 62.5 Å². The van der Waals surface area contributed by atoms with Crippen molar-refractivity contribution in [3.63, 3.8) is 0 Å². The summed E-state index contributed by atoms with van der Waals surface area (Å²) in [6.45, 7) is 5.84. The fraction of sp³-hybridized carbons (Fsp3) is 0.571. The van der Waals surface area contributed by atoms with Crippen LogP contribution in [0, 0.1) is 6.92 Å². The van der Waals surface area contributed by atoms with Gasteiger partial charge in [-0.25, -0.2) is 23.9 Å². The molecule has 0 radical (unpaired) electrons. The number of nitrogens with zero attached hydrogens (tertiary/aromatic N) is 4. The van der Waals surface area contributed by atoms with Gasteiger partial charge in [0, 0.05) is 6.04 Å². The minimum atomic E-state index is -4.36. The third-order valence-electron chi connectivity index (χ3n) is 7.45. The SMILES string of the molecule is Cc1nc(NC2CCC2)c2ncn([C@@H]3O[C@](CCl)(COP(=O)(N[C@@H](C)C(=O)OC(C)C)Oc4ccccc4)[C@@H](O)[C@H]3F)c2n1. The van der Waals surface area contributed by atoms with Crippen LogP contribution in [-0.2, 0) is 23.4 Å². The van der Waals surface area contributed by atoms with E-state index in [-0.39, 0.29) is 11.8 Å². The molecule has 1 unspecified atom stereocenters. The second-order valence-electron chi connectivity index (χ2n) is 11.3. The number of hydrogen-bond donors (Lipinski definition) is 3. The first-order valence-corrected chi connectivity index (χ1v) is 16.5. The molecule has 240 valence electrons. The van der Waals surface area contributed by atoms with E-state index >= 15 is 4.39 Å². The van der Waals surface area contributed by atoms with Crippen LogP contribution in [0.5, 0.6) is 5.75 Å². The molecule has 1 saturated carbocycles. The summed E-state index contributed by atoms with van der Waals surface area (Å²) in [5.74, 6) is 0.0255. The van der Waals surface area contributed by atoms with Crippen molar-refractivity contribution in [3.8, 4) is 5.75 Å². The van der Waals surface area contributed by atoms with Gasteiger partial charge in [-0.2, -0.15) is 5.09 Å². The molecule has 3 heterocycles. The predicted molar refractivity (Wildman–Crippen MR) is 160 cm³/mol. The quantitative estimate of drug-likeness (QED) is 0.135.